The number of ether oxygens (including phenoxy) is 4. The summed E-state index contributed by atoms with van der Waals surface area (Å²) in [7, 11) is 0. The Bertz CT molecular complexity index is 1840. The van der Waals surface area contributed by atoms with Crippen LogP contribution < -0.4 is 0 Å². The van der Waals surface area contributed by atoms with Crippen molar-refractivity contribution in [3.8, 4) is 0 Å². The summed E-state index contributed by atoms with van der Waals surface area (Å²) >= 11 is 0. The molecular formula is C40H32O16. The molecule has 1 aliphatic rings. The van der Waals surface area contributed by atoms with E-state index in [1.165, 1.54) is 48.5 Å². The third kappa shape index (κ3) is 9.79. The lowest BCUT2D eigenvalue weighted by Crippen LogP contribution is -2.45. The summed E-state index contributed by atoms with van der Waals surface area (Å²) < 4.78 is 23.0. The van der Waals surface area contributed by atoms with E-state index in [1.54, 1.807) is 0 Å². The number of benzene rings is 4. The molecule has 0 bridgehead atoms. The zero-order valence-corrected chi connectivity index (χ0v) is 29.1. The van der Waals surface area contributed by atoms with E-state index < -0.39 is 72.2 Å². The van der Waals surface area contributed by atoms with Gasteiger partial charge in [-0.15, -0.1) is 0 Å². The third-order valence-electron chi connectivity index (χ3n) is 8.94. The first-order chi connectivity index (χ1) is 26.7. The number of hydrogen-bond acceptors (Lipinski definition) is 12. The molecule has 5 rings (SSSR count). The largest absolute Gasteiger partial charge is 0.478 e. The summed E-state index contributed by atoms with van der Waals surface area (Å²) in [4.78, 5) is 99.4. The topological polar surface area (TPSA) is 254 Å². The van der Waals surface area contributed by atoms with Crippen LogP contribution in [0.25, 0.3) is 0 Å². The molecule has 56 heavy (non-hydrogen) atoms. The lowest BCUT2D eigenvalue weighted by molar-refractivity contribution is -0.177. The minimum atomic E-state index is -1.75. The maximum Gasteiger partial charge on any atom is 0.341 e. The fraction of sp³-hybridized carbons (Fsp3) is 0.200. The van der Waals surface area contributed by atoms with E-state index in [9.17, 15) is 58.8 Å². The molecule has 1 aliphatic carbocycles. The Morgan fingerprint density at radius 2 is 0.536 bits per heavy atom. The number of esters is 4. The van der Waals surface area contributed by atoms with Gasteiger partial charge >= 0.3 is 47.8 Å². The van der Waals surface area contributed by atoms with Gasteiger partial charge in [0.05, 0.1) is 44.5 Å². The van der Waals surface area contributed by atoms with Crippen LogP contribution in [0.15, 0.2) is 97.1 Å². The van der Waals surface area contributed by atoms with Crippen molar-refractivity contribution < 1.29 is 77.7 Å². The Labute approximate surface area is 316 Å². The van der Waals surface area contributed by atoms with Crippen LogP contribution in [-0.2, 0) is 18.9 Å². The first kappa shape index (κ1) is 39.8. The third-order valence-corrected chi connectivity index (χ3v) is 8.94. The SMILES string of the molecule is O=C(O)c1ccc(C(=O)OC(OC(=O)c2ccc(C(=O)O)cc2)C2CCCCC2C(OC(=O)c2ccc(C(=O)O)cc2)OC(=O)c2ccc(C(=O)O)cc2)cc1. The van der Waals surface area contributed by atoms with Crippen LogP contribution in [0.1, 0.15) is 109 Å². The van der Waals surface area contributed by atoms with Crippen molar-refractivity contribution in [2.75, 3.05) is 0 Å². The van der Waals surface area contributed by atoms with E-state index in [0.29, 0.717) is 12.8 Å². The molecule has 1 fully saturated rings. The Morgan fingerprint density at radius 1 is 0.357 bits per heavy atom. The van der Waals surface area contributed by atoms with Gasteiger partial charge in [-0.2, -0.15) is 0 Å². The van der Waals surface area contributed by atoms with Crippen LogP contribution in [0.3, 0.4) is 0 Å². The fourth-order valence-corrected chi connectivity index (χ4v) is 5.95. The standard InChI is InChI=1S/C40H32O16/c41-31(42)21-5-13-25(14-6-21)35(49)53-39(54-36(50)26-15-7-22(8-16-26)32(43)44)29-3-1-2-4-30(29)40(55-37(51)27-17-9-23(10-18-27)33(45)46)56-38(52)28-19-11-24(12-20-28)34(47)48/h5-20,29-30,39-40H,1-4H2,(H,41,42)(H,43,44)(H,45,46)(H,47,48). The van der Waals surface area contributed by atoms with Gasteiger partial charge in [0, 0.05) is 11.8 Å². The molecule has 288 valence electrons. The Morgan fingerprint density at radius 3 is 0.714 bits per heavy atom. The fourth-order valence-electron chi connectivity index (χ4n) is 5.95. The summed E-state index contributed by atoms with van der Waals surface area (Å²) in [6.07, 6.45) is -2.20. The second-order valence-corrected chi connectivity index (χ2v) is 12.5. The molecule has 0 heterocycles. The number of carboxylic acid groups (broad SMARTS) is 4. The van der Waals surface area contributed by atoms with Gasteiger partial charge in [-0.25, -0.2) is 38.4 Å². The Kier molecular flexibility index (Phi) is 12.6. The first-order valence-electron chi connectivity index (χ1n) is 16.9. The van der Waals surface area contributed by atoms with Gasteiger partial charge in [-0.3, -0.25) is 0 Å². The molecule has 4 N–H and O–H groups in total. The Hall–Kier alpha value is -7.36. The molecule has 2 unspecified atom stereocenters. The van der Waals surface area contributed by atoms with Crippen LogP contribution in [0.2, 0.25) is 0 Å². The molecule has 0 radical (unpaired) electrons. The molecule has 4 aromatic carbocycles. The van der Waals surface area contributed by atoms with E-state index >= 15 is 0 Å². The van der Waals surface area contributed by atoms with Crippen molar-refractivity contribution in [1.82, 2.24) is 0 Å². The van der Waals surface area contributed by atoms with Crippen LogP contribution in [-0.4, -0.2) is 80.8 Å². The predicted octanol–water partition coefficient (Wildman–Crippen LogP) is 5.67. The molecular weight excluding hydrogens is 736 g/mol. The molecule has 0 amide bonds. The number of aromatic carboxylic acids is 4. The van der Waals surface area contributed by atoms with Crippen LogP contribution in [0, 0.1) is 11.8 Å². The quantitative estimate of drug-likeness (QED) is 0.0891. The summed E-state index contributed by atoms with van der Waals surface area (Å²) in [5.74, 6) is -11.2. The first-order valence-corrected chi connectivity index (χ1v) is 16.9. The molecule has 0 spiro atoms. The molecule has 0 aromatic heterocycles. The van der Waals surface area contributed by atoms with Crippen LogP contribution >= 0.6 is 0 Å². The highest BCUT2D eigenvalue weighted by Gasteiger charge is 2.44. The molecule has 2 atom stereocenters. The molecule has 16 heteroatoms. The zero-order chi connectivity index (χ0) is 40.5. The average Bonchev–Trinajstić information content (AvgIpc) is 3.20. The lowest BCUT2D eigenvalue weighted by Gasteiger charge is -2.38. The highest BCUT2D eigenvalue weighted by atomic mass is 16.7. The monoisotopic (exact) mass is 768 g/mol. The second-order valence-electron chi connectivity index (χ2n) is 12.5. The number of carboxylic acids is 4. The van der Waals surface area contributed by atoms with Crippen molar-refractivity contribution in [3.05, 3.63) is 142 Å². The minimum absolute atomic E-state index is 0.113. The summed E-state index contributed by atoms with van der Waals surface area (Å²) in [6, 6.07) is 18.8. The maximum absolute atomic E-state index is 13.5. The molecule has 0 aliphatic heterocycles. The predicted molar refractivity (Wildman–Crippen MR) is 188 cm³/mol. The van der Waals surface area contributed by atoms with E-state index in [-0.39, 0.29) is 57.3 Å². The van der Waals surface area contributed by atoms with Gasteiger partial charge in [0.15, 0.2) is 0 Å². The lowest BCUT2D eigenvalue weighted by atomic mass is 9.78. The van der Waals surface area contributed by atoms with Crippen molar-refractivity contribution in [2.24, 2.45) is 11.8 Å². The van der Waals surface area contributed by atoms with Gasteiger partial charge in [-0.05, 0) is 110 Å². The van der Waals surface area contributed by atoms with E-state index in [4.69, 9.17) is 18.9 Å². The van der Waals surface area contributed by atoms with E-state index in [0.717, 1.165) is 48.5 Å². The van der Waals surface area contributed by atoms with Gasteiger partial charge < -0.3 is 39.4 Å². The van der Waals surface area contributed by atoms with E-state index in [2.05, 4.69) is 0 Å². The van der Waals surface area contributed by atoms with E-state index in [1.807, 2.05) is 0 Å². The average molecular weight is 769 g/mol. The minimum Gasteiger partial charge on any atom is -0.478 e. The number of carbonyl (C=O) groups excluding carboxylic acids is 4. The highest BCUT2D eigenvalue weighted by Crippen LogP contribution is 2.39. The highest BCUT2D eigenvalue weighted by molar-refractivity contribution is 5.95. The summed E-state index contributed by atoms with van der Waals surface area (Å²) in [5.41, 5.74) is -0.939. The second kappa shape index (κ2) is 17.6. The number of hydrogen-bond donors (Lipinski definition) is 4. The maximum atomic E-state index is 13.5. The van der Waals surface area contributed by atoms with Crippen molar-refractivity contribution >= 4 is 47.8 Å². The number of rotatable bonds is 14. The zero-order valence-electron chi connectivity index (χ0n) is 29.1. The van der Waals surface area contributed by atoms with Crippen molar-refractivity contribution in [3.63, 3.8) is 0 Å². The van der Waals surface area contributed by atoms with Gasteiger partial charge in [0.1, 0.15) is 0 Å². The normalized spacial score (nSPS) is 15.0. The summed E-state index contributed by atoms with van der Waals surface area (Å²) in [5, 5.41) is 37.1. The number of carbonyl (C=O) groups is 8. The van der Waals surface area contributed by atoms with Crippen LogP contribution in [0.4, 0.5) is 0 Å². The molecule has 0 saturated heterocycles. The Balaban J connectivity index is 1.51. The summed E-state index contributed by atoms with van der Waals surface area (Å²) in [6.45, 7) is 0. The van der Waals surface area contributed by atoms with Gasteiger partial charge in [0.25, 0.3) is 12.6 Å². The van der Waals surface area contributed by atoms with Crippen molar-refractivity contribution in [1.29, 1.82) is 0 Å². The van der Waals surface area contributed by atoms with Crippen molar-refractivity contribution in [2.45, 2.75) is 38.3 Å². The van der Waals surface area contributed by atoms with Crippen LogP contribution in [0.5, 0.6) is 0 Å². The molecule has 4 aromatic rings. The smallest absolute Gasteiger partial charge is 0.341 e. The molecule has 1 saturated carbocycles. The molecule has 16 nitrogen and oxygen atoms in total. The van der Waals surface area contributed by atoms with Gasteiger partial charge in [0.2, 0.25) is 0 Å². The van der Waals surface area contributed by atoms with Gasteiger partial charge in [-0.1, -0.05) is 12.8 Å².